The van der Waals surface area contributed by atoms with Crippen LogP contribution >= 0.6 is 0 Å². The Hall–Kier alpha value is -1.85. The minimum atomic E-state index is -1.14. The number of carbonyl (C=O) groups is 3. The lowest BCUT2D eigenvalue weighted by molar-refractivity contribution is -0.134. The molecule has 0 rings (SSSR count). The molecule has 0 aliphatic rings. The number of hydrogen-bond acceptors (Lipinski definition) is 3. The van der Waals surface area contributed by atoms with Gasteiger partial charge in [0.2, 0.25) is 11.8 Å². The van der Waals surface area contributed by atoms with E-state index in [0.29, 0.717) is 0 Å². The molecule has 0 bridgehead atoms. The molecule has 0 unspecified atom stereocenters. The van der Waals surface area contributed by atoms with E-state index < -0.39 is 11.9 Å². The van der Waals surface area contributed by atoms with Crippen molar-refractivity contribution in [1.82, 2.24) is 10.2 Å². The highest BCUT2D eigenvalue weighted by Crippen LogP contribution is 2.06. The summed E-state index contributed by atoms with van der Waals surface area (Å²) in [6.45, 7) is 6.33. The number of likely N-dealkylation sites (N-methyl/N-ethyl adjacent to an activating group) is 1. The molecule has 0 aliphatic heterocycles. The minimum absolute atomic E-state index is 0.00148. The van der Waals surface area contributed by atoms with Crippen molar-refractivity contribution < 1.29 is 19.5 Å². The fourth-order valence-corrected chi connectivity index (χ4v) is 1.26. The van der Waals surface area contributed by atoms with E-state index in [2.05, 4.69) is 5.32 Å². The average Bonchev–Trinajstić information content (AvgIpc) is 2.24. The monoisotopic (exact) mass is 256 g/mol. The average molecular weight is 256 g/mol. The van der Waals surface area contributed by atoms with Crippen LogP contribution in [0.4, 0.5) is 0 Å². The molecule has 6 heteroatoms. The van der Waals surface area contributed by atoms with Crippen molar-refractivity contribution in [2.75, 3.05) is 13.6 Å². The van der Waals surface area contributed by atoms with E-state index >= 15 is 0 Å². The summed E-state index contributed by atoms with van der Waals surface area (Å²) in [5, 5.41) is 11.4. The number of aliphatic carboxylic acids is 1. The van der Waals surface area contributed by atoms with Gasteiger partial charge in [-0.3, -0.25) is 9.59 Å². The van der Waals surface area contributed by atoms with Crippen molar-refractivity contribution in [2.45, 2.75) is 33.7 Å². The molecule has 2 amide bonds. The van der Waals surface area contributed by atoms with Gasteiger partial charge in [0.05, 0.1) is 6.54 Å². The standard InChI is InChI=1S/C12H20N2O4/c1-7(2)13-10(15)6-14(5)11(16)8(3)9(4)12(17)18/h7H,6H2,1-5H3,(H,13,15)(H,17,18). The van der Waals surface area contributed by atoms with Crippen molar-refractivity contribution in [1.29, 1.82) is 0 Å². The van der Waals surface area contributed by atoms with E-state index in [1.54, 1.807) is 0 Å². The number of carboxylic acids is 1. The van der Waals surface area contributed by atoms with Crippen LogP contribution < -0.4 is 5.32 Å². The largest absolute Gasteiger partial charge is 0.478 e. The fraction of sp³-hybridized carbons (Fsp3) is 0.583. The molecule has 0 saturated heterocycles. The van der Waals surface area contributed by atoms with Crippen molar-refractivity contribution in [3.8, 4) is 0 Å². The Morgan fingerprint density at radius 2 is 1.67 bits per heavy atom. The second kappa shape index (κ2) is 6.78. The van der Waals surface area contributed by atoms with Gasteiger partial charge in [-0.1, -0.05) is 0 Å². The molecule has 0 atom stereocenters. The Kier molecular flexibility index (Phi) is 6.08. The molecular formula is C12H20N2O4. The van der Waals surface area contributed by atoms with Gasteiger partial charge in [0.15, 0.2) is 0 Å². The number of nitrogens with zero attached hydrogens (tertiary/aromatic N) is 1. The summed E-state index contributed by atoms with van der Waals surface area (Å²) in [4.78, 5) is 35.2. The van der Waals surface area contributed by atoms with Gasteiger partial charge in [0, 0.05) is 24.2 Å². The van der Waals surface area contributed by atoms with E-state index in [1.807, 2.05) is 13.8 Å². The lowest BCUT2D eigenvalue weighted by atomic mass is 10.1. The Bertz CT molecular complexity index is 386. The number of nitrogens with one attached hydrogen (secondary N) is 1. The van der Waals surface area contributed by atoms with Crippen LogP contribution in [0, 0.1) is 0 Å². The third-order valence-electron chi connectivity index (χ3n) is 2.38. The van der Waals surface area contributed by atoms with E-state index in [0.717, 1.165) is 0 Å². The summed E-state index contributed by atoms with van der Waals surface area (Å²) in [5.41, 5.74) is 0.110. The SMILES string of the molecule is CC(C(=O)O)=C(C)C(=O)N(C)CC(=O)NC(C)C. The van der Waals surface area contributed by atoms with Gasteiger partial charge < -0.3 is 15.3 Å². The van der Waals surface area contributed by atoms with Crippen LogP contribution in [-0.4, -0.2) is 47.4 Å². The van der Waals surface area contributed by atoms with Crippen molar-refractivity contribution in [3.05, 3.63) is 11.1 Å². The maximum absolute atomic E-state index is 11.8. The summed E-state index contributed by atoms with van der Waals surface area (Å²) in [7, 11) is 1.46. The minimum Gasteiger partial charge on any atom is -0.478 e. The lowest BCUT2D eigenvalue weighted by Gasteiger charge is -2.18. The lowest BCUT2D eigenvalue weighted by Crippen LogP contribution is -2.41. The van der Waals surface area contributed by atoms with E-state index in [-0.39, 0.29) is 29.6 Å². The van der Waals surface area contributed by atoms with Crippen molar-refractivity contribution >= 4 is 17.8 Å². The first-order chi connectivity index (χ1) is 8.16. The Labute approximate surface area is 107 Å². The Morgan fingerprint density at radius 1 is 1.17 bits per heavy atom. The molecule has 0 aromatic rings. The Balaban J connectivity index is 4.67. The molecule has 0 aliphatic carbocycles. The maximum Gasteiger partial charge on any atom is 0.331 e. The zero-order valence-corrected chi connectivity index (χ0v) is 11.4. The highest BCUT2D eigenvalue weighted by molar-refractivity contribution is 6.02. The molecule has 2 N–H and O–H groups in total. The molecule has 0 fully saturated rings. The molecule has 18 heavy (non-hydrogen) atoms. The second-order valence-corrected chi connectivity index (χ2v) is 4.44. The van der Waals surface area contributed by atoms with Gasteiger partial charge in [-0.25, -0.2) is 4.79 Å². The number of rotatable bonds is 5. The normalized spacial score (nSPS) is 11.9. The fourth-order valence-electron chi connectivity index (χ4n) is 1.26. The third-order valence-corrected chi connectivity index (χ3v) is 2.38. The van der Waals surface area contributed by atoms with Gasteiger partial charge in [-0.05, 0) is 27.7 Å². The zero-order valence-electron chi connectivity index (χ0n) is 11.4. The summed E-state index contributed by atoms with van der Waals surface area (Å²) in [6.07, 6.45) is 0. The number of hydrogen-bond donors (Lipinski definition) is 2. The molecule has 0 saturated carbocycles. The van der Waals surface area contributed by atoms with Crippen LogP contribution in [0.2, 0.25) is 0 Å². The Morgan fingerprint density at radius 3 is 2.06 bits per heavy atom. The molecule has 102 valence electrons. The van der Waals surface area contributed by atoms with Crippen LogP contribution in [-0.2, 0) is 14.4 Å². The first-order valence-corrected chi connectivity index (χ1v) is 5.62. The number of carbonyl (C=O) groups excluding carboxylic acids is 2. The molecule has 0 spiro atoms. The summed E-state index contributed by atoms with van der Waals surface area (Å²) in [5.74, 6) is -1.88. The number of carboxylic acid groups (broad SMARTS) is 1. The molecule has 0 aromatic carbocycles. The van der Waals surface area contributed by atoms with Crippen LogP contribution in [0.3, 0.4) is 0 Å². The predicted octanol–water partition coefficient (Wildman–Crippen LogP) is 0.390. The van der Waals surface area contributed by atoms with Crippen molar-refractivity contribution in [3.63, 3.8) is 0 Å². The van der Waals surface area contributed by atoms with Gasteiger partial charge in [-0.2, -0.15) is 0 Å². The smallest absolute Gasteiger partial charge is 0.331 e. The molecular weight excluding hydrogens is 236 g/mol. The van der Waals surface area contributed by atoms with Crippen LogP contribution in [0.5, 0.6) is 0 Å². The predicted molar refractivity (Wildman–Crippen MR) is 66.9 cm³/mol. The summed E-state index contributed by atoms with van der Waals surface area (Å²) >= 11 is 0. The van der Waals surface area contributed by atoms with Gasteiger partial charge >= 0.3 is 5.97 Å². The molecule has 0 heterocycles. The van der Waals surface area contributed by atoms with Gasteiger partial charge in [0.1, 0.15) is 0 Å². The molecule has 0 radical (unpaired) electrons. The van der Waals surface area contributed by atoms with Gasteiger partial charge in [-0.15, -0.1) is 0 Å². The maximum atomic E-state index is 11.8. The first-order valence-electron chi connectivity index (χ1n) is 5.62. The third kappa shape index (κ3) is 4.99. The molecule has 0 aromatic heterocycles. The quantitative estimate of drug-likeness (QED) is 0.697. The van der Waals surface area contributed by atoms with Gasteiger partial charge in [0.25, 0.3) is 0 Å². The van der Waals surface area contributed by atoms with Crippen LogP contribution in [0.1, 0.15) is 27.7 Å². The van der Waals surface area contributed by atoms with Crippen LogP contribution in [0.15, 0.2) is 11.1 Å². The topological polar surface area (TPSA) is 86.7 Å². The second-order valence-electron chi connectivity index (χ2n) is 4.44. The van der Waals surface area contributed by atoms with Crippen molar-refractivity contribution in [2.24, 2.45) is 0 Å². The van der Waals surface area contributed by atoms with Crippen LogP contribution in [0.25, 0.3) is 0 Å². The molecule has 6 nitrogen and oxygen atoms in total. The number of amides is 2. The zero-order chi connectivity index (χ0) is 14.5. The first kappa shape index (κ1) is 16.1. The van der Waals surface area contributed by atoms with E-state index in [1.165, 1.54) is 25.8 Å². The highest BCUT2D eigenvalue weighted by atomic mass is 16.4. The van der Waals surface area contributed by atoms with E-state index in [4.69, 9.17) is 5.11 Å². The summed E-state index contributed by atoms with van der Waals surface area (Å²) in [6, 6.07) is -0.00148. The van der Waals surface area contributed by atoms with E-state index in [9.17, 15) is 14.4 Å². The summed E-state index contributed by atoms with van der Waals surface area (Å²) < 4.78 is 0. The highest BCUT2D eigenvalue weighted by Gasteiger charge is 2.18.